The number of benzene rings is 2. The first-order chi connectivity index (χ1) is 13.6. The monoisotopic (exact) mass is 407 g/mol. The van der Waals surface area contributed by atoms with Crippen LogP contribution in [-0.4, -0.2) is 31.9 Å². The van der Waals surface area contributed by atoms with Gasteiger partial charge in [-0.15, -0.1) is 10.2 Å². The molecule has 0 N–H and O–H groups in total. The minimum atomic E-state index is 0.589. The third-order valence-electron chi connectivity index (χ3n) is 4.54. The summed E-state index contributed by atoms with van der Waals surface area (Å²) in [6.07, 6.45) is 1.74. The average molecular weight is 408 g/mol. The first kappa shape index (κ1) is 17.1. The number of nitrogens with zero attached hydrogens (tertiary/aromatic N) is 5. The van der Waals surface area contributed by atoms with Crippen LogP contribution in [0.2, 0.25) is 5.02 Å². The number of hydrogen-bond acceptors (Lipinski definition) is 6. The van der Waals surface area contributed by atoms with Crippen molar-refractivity contribution in [2.24, 2.45) is 0 Å². The molecule has 0 aliphatic rings. The van der Waals surface area contributed by atoms with Gasteiger partial charge in [0.15, 0.2) is 10.8 Å². The minimum absolute atomic E-state index is 0.589. The molecule has 6 nitrogen and oxygen atoms in total. The molecule has 3 heterocycles. The fourth-order valence-corrected chi connectivity index (χ4v) is 4.23. The summed E-state index contributed by atoms with van der Waals surface area (Å²) >= 11 is 8.12. The van der Waals surface area contributed by atoms with E-state index in [1.807, 2.05) is 49.4 Å². The van der Waals surface area contributed by atoms with Crippen molar-refractivity contribution in [3.05, 3.63) is 59.2 Å². The van der Waals surface area contributed by atoms with Gasteiger partial charge in [0.25, 0.3) is 0 Å². The van der Waals surface area contributed by atoms with Crippen molar-refractivity contribution >= 4 is 38.8 Å². The Balaban J connectivity index is 1.65. The molecule has 0 fully saturated rings. The van der Waals surface area contributed by atoms with Gasteiger partial charge in [-0.25, -0.2) is 0 Å². The van der Waals surface area contributed by atoms with Gasteiger partial charge in [0.05, 0.1) is 23.2 Å². The number of ether oxygens (including phenoxy) is 1. The summed E-state index contributed by atoms with van der Waals surface area (Å²) in [6, 6.07) is 13.7. The normalized spacial score (nSPS) is 11.4. The van der Waals surface area contributed by atoms with E-state index in [-0.39, 0.29) is 0 Å². The number of methoxy groups -OCH3 is 1. The summed E-state index contributed by atoms with van der Waals surface area (Å²) in [5, 5.41) is 15.4. The zero-order chi connectivity index (χ0) is 19.3. The lowest BCUT2D eigenvalue weighted by atomic mass is 10.1. The van der Waals surface area contributed by atoms with Crippen LogP contribution in [-0.2, 0) is 0 Å². The molecule has 0 atom stereocenters. The predicted octanol–water partition coefficient (Wildman–Crippen LogP) is 5.04. The number of hydrogen-bond donors (Lipinski definition) is 0. The molecule has 0 aliphatic heterocycles. The summed E-state index contributed by atoms with van der Waals surface area (Å²) in [4.78, 5) is 5.22. The molecule has 0 unspecified atom stereocenters. The van der Waals surface area contributed by atoms with Gasteiger partial charge < -0.3 is 4.74 Å². The van der Waals surface area contributed by atoms with Crippen molar-refractivity contribution in [3.63, 3.8) is 0 Å². The minimum Gasteiger partial charge on any atom is -0.497 e. The van der Waals surface area contributed by atoms with Gasteiger partial charge in [0, 0.05) is 17.1 Å². The number of aromatic nitrogens is 5. The average Bonchev–Trinajstić information content (AvgIpc) is 3.30. The molecule has 28 heavy (non-hydrogen) atoms. The number of halogens is 1. The highest BCUT2D eigenvalue weighted by Crippen LogP contribution is 2.37. The quantitative estimate of drug-likeness (QED) is 0.419. The van der Waals surface area contributed by atoms with Crippen molar-refractivity contribution in [3.8, 4) is 27.7 Å². The number of rotatable bonds is 3. The standard InChI is InChI=1S/C20H14ClN5OS/c1-11-3-5-12(6-4-11)18-23-24-20-26(18)25-19(28-20)15-10-22-16-8-7-13(27-2)9-14(16)17(15)21/h3-10H,1-2H3. The third kappa shape index (κ3) is 2.71. The highest BCUT2D eigenvalue weighted by atomic mass is 35.5. The van der Waals surface area contributed by atoms with Gasteiger partial charge in [-0.05, 0) is 25.1 Å². The van der Waals surface area contributed by atoms with E-state index in [9.17, 15) is 0 Å². The Morgan fingerprint density at radius 3 is 2.68 bits per heavy atom. The van der Waals surface area contributed by atoms with Crippen LogP contribution in [0.5, 0.6) is 5.75 Å². The molecule has 0 saturated carbocycles. The van der Waals surface area contributed by atoms with E-state index >= 15 is 0 Å². The molecule has 2 aromatic carbocycles. The molecule has 3 aromatic heterocycles. The van der Waals surface area contributed by atoms with Crippen molar-refractivity contribution in [1.29, 1.82) is 0 Å². The van der Waals surface area contributed by atoms with Crippen molar-refractivity contribution in [1.82, 2.24) is 24.8 Å². The third-order valence-corrected chi connectivity index (χ3v) is 5.88. The van der Waals surface area contributed by atoms with Crippen LogP contribution >= 0.6 is 22.9 Å². The lowest BCUT2D eigenvalue weighted by Crippen LogP contribution is -1.92. The Kier molecular flexibility index (Phi) is 3.99. The van der Waals surface area contributed by atoms with Crippen LogP contribution < -0.4 is 4.74 Å². The highest BCUT2D eigenvalue weighted by Gasteiger charge is 2.18. The molecule has 0 bridgehead atoms. The molecule has 8 heteroatoms. The maximum Gasteiger partial charge on any atom is 0.235 e. The predicted molar refractivity (Wildman–Crippen MR) is 111 cm³/mol. The van der Waals surface area contributed by atoms with Crippen molar-refractivity contribution in [2.75, 3.05) is 7.11 Å². The smallest absolute Gasteiger partial charge is 0.235 e. The summed E-state index contributed by atoms with van der Waals surface area (Å²) in [7, 11) is 1.63. The lowest BCUT2D eigenvalue weighted by Gasteiger charge is -2.06. The van der Waals surface area contributed by atoms with E-state index in [0.717, 1.165) is 32.8 Å². The second-order valence-electron chi connectivity index (χ2n) is 6.36. The van der Waals surface area contributed by atoms with E-state index < -0.39 is 0 Å². The fraction of sp³-hybridized carbons (Fsp3) is 0.100. The largest absolute Gasteiger partial charge is 0.497 e. The number of pyridine rings is 1. The topological polar surface area (TPSA) is 65.2 Å². The van der Waals surface area contributed by atoms with E-state index in [2.05, 4.69) is 15.2 Å². The Labute approximate surface area is 169 Å². The molecule has 0 aliphatic carbocycles. The molecule has 0 saturated heterocycles. The maximum absolute atomic E-state index is 6.70. The van der Waals surface area contributed by atoms with Crippen LogP contribution in [0, 0.1) is 6.92 Å². The molecule has 0 amide bonds. The number of fused-ring (bicyclic) bond motifs is 2. The first-order valence-electron chi connectivity index (χ1n) is 8.56. The maximum atomic E-state index is 6.70. The molecular formula is C20H14ClN5OS. The second kappa shape index (κ2) is 6.54. The Hall–Kier alpha value is -3.03. The second-order valence-corrected chi connectivity index (χ2v) is 7.69. The Morgan fingerprint density at radius 2 is 1.89 bits per heavy atom. The number of aryl methyl sites for hydroxylation is 1. The molecule has 0 radical (unpaired) electrons. The van der Waals surface area contributed by atoms with E-state index in [4.69, 9.17) is 21.4 Å². The van der Waals surface area contributed by atoms with E-state index in [1.54, 1.807) is 17.8 Å². The van der Waals surface area contributed by atoms with Crippen LogP contribution in [0.25, 0.3) is 37.8 Å². The van der Waals surface area contributed by atoms with Gasteiger partial charge in [-0.3, -0.25) is 4.98 Å². The lowest BCUT2D eigenvalue weighted by molar-refractivity contribution is 0.415. The van der Waals surface area contributed by atoms with Gasteiger partial charge in [-0.2, -0.15) is 9.61 Å². The molecule has 0 spiro atoms. The van der Waals surface area contributed by atoms with E-state index in [1.165, 1.54) is 16.9 Å². The summed E-state index contributed by atoms with van der Waals surface area (Å²) in [5.41, 5.74) is 3.71. The summed E-state index contributed by atoms with van der Waals surface area (Å²) in [6.45, 7) is 2.05. The first-order valence-corrected chi connectivity index (χ1v) is 9.75. The van der Waals surface area contributed by atoms with Crippen LogP contribution in [0.1, 0.15) is 5.56 Å². The van der Waals surface area contributed by atoms with Gasteiger partial charge in [-0.1, -0.05) is 52.8 Å². The van der Waals surface area contributed by atoms with Crippen LogP contribution in [0.3, 0.4) is 0 Å². The molecular weight excluding hydrogens is 394 g/mol. The Morgan fingerprint density at radius 1 is 1.07 bits per heavy atom. The zero-order valence-electron chi connectivity index (χ0n) is 15.0. The van der Waals surface area contributed by atoms with Crippen molar-refractivity contribution < 1.29 is 4.74 Å². The molecule has 5 rings (SSSR count). The molecule has 5 aromatic rings. The van der Waals surface area contributed by atoms with Crippen LogP contribution in [0.15, 0.2) is 48.7 Å². The van der Waals surface area contributed by atoms with Gasteiger partial charge in [0.1, 0.15) is 5.75 Å². The summed E-state index contributed by atoms with van der Waals surface area (Å²) in [5.74, 6) is 1.43. The van der Waals surface area contributed by atoms with Crippen LogP contribution in [0.4, 0.5) is 0 Å². The van der Waals surface area contributed by atoms with E-state index in [0.29, 0.717) is 15.8 Å². The van der Waals surface area contributed by atoms with Crippen molar-refractivity contribution in [2.45, 2.75) is 6.92 Å². The highest BCUT2D eigenvalue weighted by molar-refractivity contribution is 7.19. The Bertz CT molecular complexity index is 1330. The van der Waals surface area contributed by atoms with Gasteiger partial charge in [0.2, 0.25) is 4.96 Å². The zero-order valence-corrected chi connectivity index (χ0v) is 16.6. The summed E-state index contributed by atoms with van der Waals surface area (Å²) < 4.78 is 7.06. The SMILES string of the molecule is COc1ccc2ncc(-c3nn4c(-c5ccc(C)cc5)nnc4s3)c(Cl)c2c1. The van der Waals surface area contributed by atoms with Gasteiger partial charge >= 0.3 is 0 Å². The molecule has 138 valence electrons. The fourth-order valence-electron chi connectivity index (χ4n) is 3.02.